The number of likely N-dealkylation sites (tertiary alicyclic amines) is 1. The Morgan fingerprint density at radius 2 is 2.35 bits per heavy atom. The van der Waals surface area contributed by atoms with Gasteiger partial charge in [0, 0.05) is 18.2 Å². The molecule has 1 atom stereocenters. The third-order valence-electron chi connectivity index (χ3n) is 3.48. The van der Waals surface area contributed by atoms with E-state index in [1.807, 2.05) is 4.90 Å². The highest BCUT2D eigenvalue weighted by Gasteiger charge is 2.23. The maximum Gasteiger partial charge on any atom is 0.238 e. The summed E-state index contributed by atoms with van der Waals surface area (Å²) in [5, 5.41) is 11.7. The van der Waals surface area contributed by atoms with Gasteiger partial charge in [-0.2, -0.15) is 0 Å². The number of benzene rings is 1. The first kappa shape index (κ1) is 15.2. The van der Waals surface area contributed by atoms with Gasteiger partial charge in [0.2, 0.25) is 5.91 Å². The number of hydrogen-bond donors (Lipinski definition) is 2. The first-order valence-corrected chi connectivity index (χ1v) is 7.04. The highest BCUT2D eigenvalue weighted by molar-refractivity contribution is 6.30. The normalized spacial score (nSPS) is 19.2. The van der Waals surface area contributed by atoms with Gasteiger partial charge in [0.05, 0.1) is 12.2 Å². The maximum atomic E-state index is 13.5. The fourth-order valence-corrected chi connectivity index (χ4v) is 2.62. The monoisotopic (exact) mass is 300 g/mol. The largest absolute Gasteiger partial charge is 0.396 e. The van der Waals surface area contributed by atoms with Crippen molar-refractivity contribution in [1.29, 1.82) is 0 Å². The topological polar surface area (TPSA) is 52.6 Å². The molecule has 1 aromatic carbocycles. The van der Waals surface area contributed by atoms with E-state index in [2.05, 4.69) is 5.32 Å². The standard InChI is InChI=1S/C14H18ClFN2O2/c15-11-1-2-13(12(16)7-11)17-14(20)9-18-5-3-10(8-18)4-6-19/h1-2,7,10,19H,3-6,8-9H2,(H,17,20). The molecule has 1 amide bonds. The number of nitrogens with zero attached hydrogens (tertiary/aromatic N) is 1. The molecular formula is C14H18ClFN2O2. The number of aliphatic hydroxyl groups is 1. The Morgan fingerprint density at radius 3 is 3.05 bits per heavy atom. The molecule has 1 unspecified atom stereocenters. The molecule has 1 aromatic rings. The van der Waals surface area contributed by atoms with Crippen molar-refractivity contribution in [3.63, 3.8) is 0 Å². The summed E-state index contributed by atoms with van der Waals surface area (Å²) in [5.74, 6) is -0.332. The fourth-order valence-electron chi connectivity index (χ4n) is 2.46. The van der Waals surface area contributed by atoms with E-state index in [0.717, 1.165) is 25.9 Å². The summed E-state index contributed by atoms with van der Waals surface area (Å²) in [6.07, 6.45) is 1.76. The van der Waals surface area contributed by atoms with Crippen LogP contribution in [0.3, 0.4) is 0 Å². The van der Waals surface area contributed by atoms with Crippen LogP contribution >= 0.6 is 11.6 Å². The van der Waals surface area contributed by atoms with Gasteiger partial charge in [0.15, 0.2) is 0 Å². The number of nitrogens with one attached hydrogen (secondary N) is 1. The number of hydrogen-bond acceptors (Lipinski definition) is 3. The minimum Gasteiger partial charge on any atom is -0.396 e. The van der Waals surface area contributed by atoms with E-state index in [-0.39, 0.29) is 24.7 Å². The predicted molar refractivity (Wildman–Crippen MR) is 76.3 cm³/mol. The van der Waals surface area contributed by atoms with Crippen molar-refractivity contribution in [3.8, 4) is 0 Å². The first-order valence-electron chi connectivity index (χ1n) is 6.66. The molecule has 20 heavy (non-hydrogen) atoms. The summed E-state index contributed by atoms with van der Waals surface area (Å²) >= 11 is 5.66. The molecule has 1 aliphatic rings. The van der Waals surface area contributed by atoms with Crippen LogP contribution in [0.2, 0.25) is 5.02 Å². The van der Waals surface area contributed by atoms with Crippen molar-refractivity contribution in [1.82, 2.24) is 4.90 Å². The summed E-state index contributed by atoms with van der Waals surface area (Å²) in [6.45, 7) is 2.06. The van der Waals surface area contributed by atoms with E-state index in [1.165, 1.54) is 18.2 Å². The quantitative estimate of drug-likeness (QED) is 0.876. The van der Waals surface area contributed by atoms with E-state index >= 15 is 0 Å². The van der Waals surface area contributed by atoms with Crippen LogP contribution in [0.25, 0.3) is 0 Å². The molecule has 0 bridgehead atoms. The van der Waals surface area contributed by atoms with Crippen LogP contribution in [0.1, 0.15) is 12.8 Å². The molecule has 1 aliphatic heterocycles. The average molecular weight is 301 g/mol. The zero-order valence-electron chi connectivity index (χ0n) is 11.1. The number of anilines is 1. The lowest BCUT2D eigenvalue weighted by Gasteiger charge is -2.15. The van der Waals surface area contributed by atoms with Crippen LogP contribution < -0.4 is 5.32 Å². The van der Waals surface area contributed by atoms with Gasteiger partial charge in [-0.15, -0.1) is 0 Å². The second-order valence-corrected chi connectivity index (χ2v) is 5.51. The smallest absolute Gasteiger partial charge is 0.238 e. The Morgan fingerprint density at radius 1 is 1.55 bits per heavy atom. The Labute approximate surface area is 122 Å². The van der Waals surface area contributed by atoms with E-state index in [0.29, 0.717) is 10.9 Å². The van der Waals surface area contributed by atoms with E-state index in [9.17, 15) is 9.18 Å². The zero-order valence-corrected chi connectivity index (χ0v) is 11.9. The SMILES string of the molecule is O=C(CN1CCC(CCO)C1)Nc1ccc(Cl)cc1F. The van der Waals surface area contributed by atoms with Gasteiger partial charge in [-0.05, 0) is 43.5 Å². The van der Waals surface area contributed by atoms with Crippen LogP contribution in [0.15, 0.2) is 18.2 Å². The van der Waals surface area contributed by atoms with Crippen LogP contribution in [0.5, 0.6) is 0 Å². The molecule has 4 nitrogen and oxygen atoms in total. The summed E-state index contributed by atoms with van der Waals surface area (Å²) in [4.78, 5) is 13.9. The second-order valence-electron chi connectivity index (χ2n) is 5.07. The first-order chi connectivity index (χ1) is 9.58. The second kappa shape index (κ2) is 7.02. The number of rotatable bonds is 5. The molecule has 110 valence electrons. The molecule has 0 aliphatic carbocycles. The third-order valence-corrected chi connectivity index (χ3v) is 3.71. The van der Waals surface area contributed by atoms with Gasteiger partial charge in [0.25, 0.3) is 0 Å². The molecule has 1 saturated heterocycles. The lowest BCUT2D eigenvalue weighted by Crippen LogP contribution is -2.31. The number of halogens is 2. The van der Waals surface area contributed by atoms with Gasteiger partial charge in [-0.25, -0.2) is 4.39 Å². The van der Waals surface area contributed by atoms with Crippen LogP contribution in [0.4, 0.5) is 10.1 Å². The molecule has 0 aromatic heterocycles. The van der Waals surface area contributed by atoms with Crippen molar-refractivity contribution < 1.29 is 14.3 Å². The lowest BCUT2D eigenvalue weighted by molar-refractivity contribution is -0.117. The van der Waals surface area contributed by atoms with E-state index in [1.54, 1.807) is 0 Å². The summed E-state index contributed by atoms with van der Waals surface area (Å²) in [5.41, 5.74) is 0.144. The third kappa shape index (κ3) is 4.16. The van der Waals surface area contributed by atoms with Crippen molar-refractivity contribution in [2.75, 3.05) is 31.6 Å². The molecule has 2 rings (SSSR count). The van der Waals surface area contributed by atoms with Gasteiger partial charge in [-0.1, -0.05) is 11.6 Å². The number of aliphatic hydroxyl groups excluding tert-OH is 1. The molecule has 0 saturated carbocycles. The minimum absolute atomic E-state index is 0.144. The Kier molecular flexibility index (Phi) is 5.34. The molecule has 2 N–H and O–H groups in total. The summed E-state index contributed by atoms with van der Waals surface area (Å²) in [7, 11) is 0. The number of carbonyl (C=O) groups is 1. The minimum atomic E-state index is -0.537. The van der Waals surface area contributed by atoms with Gasteiger partial charge in [0.1, 0.15) is 5.82 Å². The number of carbonyl (C=O) groups excluding carboxylic acids is 1. The highest BCUT2D eigenvalue weighted by atomic mass is 35.5. The molecule has 1 fully saturated rings. The van der Waals surface area contributed by atoms with Gasteiger partial charge in [-0.3, -0.25) is 9.69 Å². The Balaban J connectivity index is 1.84. The molecular weight excluding hydrogens is 283 g/mol. The lowest BCUT2D eigenvalue weighted by atomic mass is 10.1. The average Bonchev–Trinajstić information content (AvgIpc) is 2.81. The summed E-state index contributed by atoms with van der Waals surface area (Å²) in [6, 6.07) is 4.16. The van der Waals surface area contributed by atoms with E-state index < -0.39 is 5.82 Å². The van der Waals surface area contributed by atoms with Crippen LogP contribution in [-0.4, -0.2) is 42.2 Å². The van der Waals surface area contributed by atoms with E-state index in [4.69, 9.17) is 16.7 Å². The van der Waals surface area contributed by atoms with Crippen molar-refractivity contribution in [2.45, 2.75) is 12.8 Å². The van der Waals surface area contributed by atoms with Crippen LogP contribution in [-0.2, 0) is 4.79 Å². The van der Waals surface area contributed by atoms with Gasteiger partial charge >= 0.3 is 0 Å². The molecule has 0 spiro atoms. The fraction of sp³-hybridized carbons (Fsp3) is 0.500. The maximum absolute atomic E-state index is 13.5. The Hall–Kier alpha value is -1.17. The van der Waals surface area contributed by atoms with Crippen molar-refractivity contribution in [2.24, 2.45) is 5.92 Å². The Bertz CT molecular complexity index is 484. The highest BCUT2D eigenvalue weighted by Crippen LogP contribution is 2.20. The predicted octanol–water partition coefficient (Wildman–Crippen LogP) is 2.12. The molecule has 0 radical (unpaired) electrons. The summed E-state index contributed by atoms with van der Waals surface area (Å²) < 4.78 is 13.5. The molecule has 6 heteroatoms. The van der Waals surface area contributed by atoms with Crippen molar-refractivity contribution in [3.05, 3.63) is 29.0 Å². The van der Waals surface area contributed by atoms with Crippen molar-refractivity contribution >= 4 is 23.2 Å². The number of amides is 1. The van der Waals surface area contributed by atoms with Crippen LogP contribution in [0, 0.1) is 11.7 Å². The molecule has 1 heterocycles. The zero-order chi connectivity index (χ0) is 14.5. The van der Waals surface area contributed by atoms with Gasteiger partial charge < -0.3 is 10.4 Å².